The summed E-state index contributed by atoms with van der Waals surface area (Å²) in [6.07, 6.45) is 4.22. The number of hydrogen-bond acceptors (Lipinski definition) is 5. The number of aliphatic imine (C=N–C) groups is 1. The van der Waals surface area contributed by atoms with Crippen LogP contribution in [-0.4, -0.2) is 23.2 Å². The van der Waals surface area contributed by atoms with E-state index in [2.05, 4.69) is 9.98 Å². The molecule has 0 amide bonds. The van der Waals surface area contributed by atoms with Crippen LogP contribution in [0.5, 0.6) is 0 Å². The molecule has 5 heteroatoms. The average molecular weight is 249 g/mol. The van der Waals surface area contributed by atoms with Crippen molar-refractivity contribution in [2.24, 2.45) is 4.99 Å². The zero-order chi connectivity index (χ0) is 12.3. The lowest BCUT2D eigenvalue weighted by Crippen LogP contribution is -2.05. The summed E-state index contributed by atoms with van der Waals surface area (Å²) >= 11 is 1.75. The number of ether oxygens (including phenoxy) is 1. The van der Waals surface area contributed by atoms with Crippen LogP contribution in [0.25, 0.3) is 0 Å². The fourth-order valence-corrected chi connectivity index (χ4v) is 2.05. The van der Waals surface area contributed by atoms with Gasteiger partial charge in [0, 0.05) is 24.1 Å². The van der Waals surface area contributed by atoms with Crippen LogP contribution in [0.3, 0.4) is 0 Å². The van der Waals surface area contributed by atoms with Gasteiger partial charge in [-0.25, -0.2) is 0 Å². The predicted molar refractivity (Wildman–Crippen MR) is 69.7 cm³/mol. The quantitative estimate of drug-likeness (QED) is 0.336. The third-order valence-electron chi connectivity index (χ3n) is 1.92. The van der Waals surface area contributed by atoms with E-state index in [1.165, 1.54) is 0 Å². The molecule has 1 heterocycles. The van der Waals surface area contributed by atoms with Crippen LogP contribution < -0.4 is 0 Å². The van der Waals surface area contributed by atoms with E-state index in [9.17, 15) is 0 Å². The van der Waals surface area contributed by atoms with Crippen LogP contribution in [0.1, 0.15) is 19.0 Å². The molecule has 4 nitrogen and oxygen atoms in total. The summed E-state index contributed by atoms with van der Waals surface area (Å²) < 4.78 is 5.23. The van der Waals surface area contributed by atoms with E-state index in [-0.39, 0.29) is 0 Å². The number of hydrogen-bond donors (Lipinski definition) is 0. The Bertz CT molecular complexity index is 386. The van der Waals surface area contributed by atoms with Crippen LogP contribution in [0.4, 0.5) is 0 Å². The number of rotatable bonds is 6. The van der Waals surface area contributed by atoms with Gasteiger partial charge in [-0.3, -0.25) is 4.98 Å². The molecule has 1 aromatic heterocycles. The molecule has 17 heavy (non-hydrogen) atoms. The molecule has 0 fully saturated rings. The molecule has 90 valence electrons. The molecule has 1 aromatic rings. The third kappa shape index (κ3) is 5.93. The normalized spacial score (nSPS) is 10.9. The highest BCUT2D eigenvalue weighted by Crippen LogP contribution is 2.11. The van der Waals surface area contributed by atoms with E-state index in [0.717, 1.165) is 17.2 Å². The van der Waals surface area contributed by atoms with E-state index < -0.39 is 0 Å². The molecular formula is C12H15N3OS. The van der Waals surface area contributed by atoms with Crippen molar-refractivity contribution >= 4 is 17.7 Å². The first-order valence-corrected chi connectivity index (χ1v) is 6.58. The number of nitrogens with zero attached hydrogens (tertiary/aromatic N) is 3. The molecule has 0 aliphatic rings. The van der Waals surface area contributed by atoms with Gasteiger partial charge in [-0.1, -0.05) is 6.07 Å². The highest BCUT2D eigenvalue weighted by molar-refractivity contribution is 7.98. The first kappa shape index (κ1) is 13.5. The lowest BCUT2D eigenvalue weighted by molar-refractivity contribution is 0.319. The van der Waals surface area contributed by atoms with Gasteiger partial charge >= 0.3 is 0 Å². The van der Waals surface area contributed by atoms with Gasteiger partial charge in [0.2, 0.25) is 6.19 Å². The summed E-state index contributed by atoms with van der Waals surface area (Å²) in [5.41, 5.74) is 1.06. The second kappa shape index (κ2) is 8.59. The lowest BCUT2D eigenvalue weighted by atomic mass is 10.4. The molecular weight excluding hydrogens is 234 g/mol. The molecule has 0 bridgehead atoms. The van der Waals surface area contributed by atoms with Gasteiger partial charge in [-0.05, 0) is 19.1 Å². The van der Waals surface area contributed by atoms with Gasteiger partial charge in [-0.2, -0.15) is 17.0 Å². The molecule has 0 radical (unpaired) electrons. The summed E-state index contributed by atoms with van der Waals surface area (Å²) in [7, 11) is 0. The number of thioether (sulfide) groups is 1. The van der Waals surface area contributed by atoms with E-state index in [1.807, 2.05) is 25.1 Å². The molecule has 0 aromatic carbocycles. The van der Waals surface area contributed by atoms with Gasteiger partial charge in [0.25, 0.3) is 0 Å². The molecule has 0 atom stereocenters. The Balaban J connectivity index is 2.23. The van der Waals surface area contributed by atoms with Crippen molar-refractivity contribution in [2.45, 2.75) is 19.1 Å². The predicted octanol–water partition coefficient (Wildman–Crippen LogP) is 2.62. The molecule has 1 rings (SSSR count). The van der Waals surface area contributed by atoms with Crippen molar-refractivity contribution in [1.29, 1.82) is 5.26 Å². The topological polar surface area (TPSA) is 58.3 Å². The summed E-state index contributed by atoms with van der Waals surface area (Å²) in [5.74, 6) is 2.26. The van der Waals surface area contributed by atoms with Crippen LogP contribution in [-0.2, 0) is 10.5 Å². The number of aromatic nitrogens is 1. The van der Waals surface area contributed by atoms with Crippen molar-refractivity contribution in [2.75, 3.05) is 12.4 Å². The maximum absolute atomic E-state index is 8.46. The van der Waals surface area contributed by atoms with E-state index in [0.29, 0.717) is 18.9 Å². The Morgan fingerprint density at radius 2 is 2.47 bits per heavy atom. The fraction of sp³-hybridized carbons (Fsp3) is 0.417. The average Bonchev–Trinajstić information content (AvgIpc) is 2.36. The summed E-state index contributed by atoms with van der Waals surface area (Å²) in [6.45, 7) is 2.43. The summed E-state index contributed by atoms with van der Waals surface area (Å²) in [6, 6.07) is 5.88. The number of pyridine rings is 1. The Kier molecular flexibility index (Phi) is 6.84. The van der Waals surface area contributed by atoms with E-state index in [1.54, 1.807) is 24.2 Å². The molecule has 0 unspecified atom stereocenters. The second-order valence-corrected chi connectivity index (χ2v) is 4.27. The molecule has 0 saturated carbocycles. The zero-order valence-electron chi connectivity index (χ0n) is 9.80. The minimum atomic E-state index is 0.517. The maximum atomic E-state index is 8.46. The van der Waals surface area contributed by atoms with Gasteiger partial charge < -0.3 is 4.74 Å². The largest absolute Gasteiger partial charge is 0.481 e. The smallest absolute Gasteiger partial charge is 0.208 e. The first-order chi connectivity index (χ1) is 8.36. The van der Waals surface area contributed by atoms with Crippen LogP contribution in [0, 0.1) is 11.5 Å². The van der Waals surface area contributed by atoms with Crippen molar-refractivity contribution in [3.63, 3.8) is 0 Å². The number of nitriles is 1. The van der Waals surface area contributed by atoms with Gasteiger partial charge in [-0.15, -0.1) is 4.99 Å². The van der Waals surface area contributed by atoms with Gasteiger partial charge in [0.1, 0.15) is 0 Å². The van der Waals surface area contributed by atoms with E-state index >= 15 is 0 Å². The molecule has 0 aliphatic carbocycles. The Morgan fingerprint density at radius 1 is 1.59 bits per heavy atom. The Morgan fingerprint density at radius 3 is 3.12 bits per heavy atom. The molecule has 0 aliphatic heterocycles. The SMILES string of the molecule is CCO/C(CCSCc1ccccn1)=N\C#N. The van der Waals surface area contributed by atoms with Crippen LogP contribution in [0.15, 0.2) is 29.4 Å². The van der Waals surface area contributed by atoms with E-state index in [4.69, 9.17) is 10.00 Å². The zero-order valence-corrected chi connectivity index (χ0v) is 10.6. The van der Waals surface area contributed by atoms with Gasteiger partial charge in [0.05, 0.1) is 12.3 Å². The second-order valence-electron chi connectivity index (χ2n) is 3.16. The minimum absolute atomic E-state index is 0.517. The summed E-state index contributed by atoms with van der Waals surface area (Å²) in [4.78, 5) is 7.86. The maximum Gasteiger partial charge on any atom is 0.208 e. The standard InChI is InChI=1S/C12H15N3OS/c1-2-16-12(15-10-13)6-8-17-9-11-5-3-4-7-14-11/h3-5,7H,2,6,8-9H2,1H3/b15-12-. The highest BCUT2D eigenvalue weighted by atomic mass is 32.2. The van der Waals surface area contributed by atoms with Crippen molar-refractivity contribution in [1.82, 2.24) is 4.98 Å². The monoisotopic (exact) mass is 249 g/mol. The molecule has 0 N–H and O–H groups in total. The fourth-order valence-electron chi connectivity index (χ4n) is 1.20. The summed E-state index contributed by atoms with van der Waals surface area (Å²) in [5, 5.41) is 8.46. The van der Waals surface area contributed by atoms with Crippen molar-refractivity contribution in [3.05, 3.63) is 30.1 Å². The minimum Gasteiger partial charge on any atom is -0.481 e. The first-order valence-electron chi connectivity index (χ1n) is 5.43. The lowest BCUT2D eigenvalue weighted by Gasteiger charge is -2.05. The van der Waals surface area contributed by atoms with Crippen molar-refractivity contribution in [3.8, 4) is 6.19 Å². The highest BCUT2D eigenvalue weighted by Gasteiger charge is 2.00. The molecule has 0 spiro atoms. The molecule has 0 saturated heterocycles. The Labute approximate surface area is 106 Å². The van der Waals surface area contributed by atoms with Crippen LogP contribution in [0.2, 0.25) is 0 Å². The Hall–Kier alpha value is -1.54. The van der Waals surface area contributed by atoms with Crippen LogP contribution >= 0.6 is 11.8 Å². The van der Waals surface area contributed by atoms with Crippen molar-refractivity contribution < 1.29 is 4.74 Å². The third-order valence-corrected chi connectivity index (χ3v) is 2.91. The van der Waals surface area contributed by atoms with Gasteiger partial charge in [0.15, 0.2) is 5.90 Å².